The molecule has 0 saturated heterocycles. The monoisotopic (exact) mass is 563 g/mol. The summed E-state index contributed by atoms with van der Waals surface area (Å²) in [6.07, 6.45) is 2.57. The molecule has 1 atom stereocenters. The maximum Gasteiger partial charge on any atom is 0.282 e. The van der Waals surface area contributed by atoms with Gasteiger partial charge in [-0.2, -0.15) is 9.78 Å². The quantitative estimate of drug-likeness (QED) is 0.330. The van der Waals surface area contributed by atoms with Gasteiger partial charge in [0.25, 0.3) is 5.56 Å². The Kier molecular flexibility index (Phi) is 7.45. The third kappa shape index (κ3) is 5.23. The zero-order valence-electron chi connectivity index (χ0n) is 19.1. The summed E-state index contributed by atoms with van der Waals surface area (Å²) in [4.78, 5) is 18.1. The van der Waals surface area contributed by atoms with Crippen molar-refractivity contribution in [2.24, 2.45) is 5.10 Å². The average Bonchev–Trinajstić information content (AvgIpc) is 2.73. The predicted molar refractivity (Wildman–Crippen MR) is 136 cm³/mol. The molecule has 6 nitrogen and oxygen atoms in total. The Hall–Kier alpha value is -2.19. The number of fused-ring (bicyclic) bond motifs is 1. The first-order valence-corrected chi connectivity index (χ1v) is 11.9. The molecule has 32 heavy (non-hydrogen) atoms. The van der Waals surface area contributed by atoms with Crippen LogP contribution in [0.5, 0.6) is 11.5 Å². The highest BCUT2D eigenvalue weighted by Gasteiger charge is 2.23. The van der Waals surface area contributed by atoms with Gasteiger partial charge in [0.15, 0.2) is 11.5 Å². The van der Waals surface area contributed by atoms with E-state index < -0.39 is 0 Å². The first-order chi connectivity index (χ1) is 15.0. The van der Waals surface area contributed by atoms with Crippen molar-refractivity contribution in [3.63, 3.8) is 0 Å². The molecule has 0 aliphatic carbocycles. The van der Waals surface area contributed by atoms with Gasteiger partial charge < -0.3 is 9.47 Å². The SMILES string of the molecule is CC[C@@H](C)Oc1cc(Br)c(C=Nn2c(C(C)(C)C)nc3ccc(Br)cc3c2=O)cc1OC. The van der Waals surface area contributed by atoms with E-state index in [-0.39, 0.29) is 17.1 Å². The normalized spacial score (nSPS) is 13.0. The molecule has 2 aromatic carbocycles. The highest BCUT2D eigenvalue weighted by molar-refractivity contribution is 9.10. The topological polar surface area (TPSA) is 65.7 Å². The van der Waals surface area contributed by atoms with Crippen LogP contribution in [0.15, 0.2) is 49.2 Å². The minimum atomic E-state index is -0.388. The molecule has 0 fully saturated rings. The van der Waals surface area contributed by atoms with E-state index in [0.717, 1.165) is 20.9 Å². The van der Waals surface area contributed by atoms with E-state index in [9.17, 15) is 4.79 Å². The van der Waals surface area contributed by atoms with Crippen LogP contribution in [0, 0.1) is 0 Å². The summed E-state index contributed by atoms with van der Waals surface area (Å²) >= 11 is 7.02. The van der Waals surface area contributed by atoms with Crippen molar-refractivity contribution in [3.8, 4) is 11.5 Å². The predicted octanol–water partition coefficient (Wildman–Crippen LogP) is 6.29. The molecule has 0 amide bonds. The molecule has 8 heteroatoms. The van der Waals surface area contributed by atoms with Crippen molar-refractivity contribution in [1.29, 1.82) is 0 Å². The maximum atomic E-state index is 13.3. The lowest BCUT2D eigenvalue weighted by atomic mass is 9.95. The summed E-state index contributed by atoms with van der Waals surface area (Å²) in [6.45, 7) is 10.1. The van der Waals surface area contributed by atoms with Gasteiger partial charge in [-0.05, 0) is 59.6 Å². The molecule has 0 unspecified atom stereocenters. The third-order valence-electron chi connectivity index (χ3n) is 4.98. The number of ether oxygens (including phenoxy) is 2. The molecular formula is C24H27Br2N3O3. The second-order valence-corrected chi connectivity index (χ2v) is 10.3. The number of nitrogens with zero attached hydrogens (tertiary/aromatic N) is 3. The van der Waals surface area contributed by atoms with E-state index in [1.807, 2.05) is 52.0 Å². The summed E-state index contributed by atoms with van der Waals surface area (Å²) in [7, 11) is 1.60. The molecule has 170 valence electrons. The molecule has 3 aromatic rings. The second-order valence-electron chi connectivity index (χ2n) is 8.57. The lowest BCUT2D eigenvalue weighted by Crippen LogP contribution is -2.29. The lowest BCUT2D eigenvalue weighted by molar-refractivity contribution is 0.207. The summed E-state index contributed by atoms with van der Waals surface area (Å²) in [5.41, 5.74) is 0.779. The van der Waals surface area contributed by atoms with Crippen LogP contribution in [0.2, 0.25) is 0 Å². The fourth-order valence-electron chi connectivity index (χ4n) is 3.06. The van der Waals surface area contributed by atoms with Gasteiger partial charge in [-0.25, -0.2) is 4.98 Å². The van der Waals surface area contributed by atoms with Gasteiger partial charge in [0.05, 0.1) is 30.3 Å². The molecule has 0 spiro atoms. The Morgan fingerprint density at radius 3 is 2.53 bits per heavy atom. The van der Waals surface area contributed by atoms with E-state index >= 15 is 0 Å². The molecule has 3 rings (SSSR count). The van der Waals surface area contributed by atoms with Gasteiger partial charge in [-0.3, -0.25) is 4.79 Å². The lowest BCUT2D eigenvalue weighted by Gasteiger charge is -2.21. The minimum absolute atomic E-state index is 0.0613. The molecule has 0 aliphatic rings. The highest BCUT2D eigenvalue weighted by Crippen LogP contribution is 2.34. The molecule has 0 N–H and O–H groups in total. The summed E-state index contributed by atoms with van der Waals surface area (Å²) < 4.78 is 14.4. The Bertz CT molecular complexity index is 1230. The fourth-order valence-corrected chi connectivity index (χ4v) is 3.85. The Morgan fingerprint density at radius 1 is 1.19 bits per heavy atom. The molecule has 0 aliphatic heterocycles. The molecule has 0 bridgehead atoms. The van der Waals surface area contributed by atoms with Crippen LogP contribution in [-0.2, 0) is 5.41 Å². The fraction of sp³-hybridized carbons (Fsp3) is 0.375. The Morgan fingerprint density at radius 2 is 1.91 bits per heavy atom. The second kappa shape index (κ2) is 9.75. The van der Waals surface area contributed by atoms with Crippen LogP contribution in [0.1, 0.15) is 52.4 Å². The number of benzene rings is 2. The number of aromatic nitrogens is 2. The van der Waals surface area contributed by atoms with Crippen LogP contribution in [0.3, 0.4) is 0 Å². The van der Waals surface area contributed by atoms with Gasteiger partial charge in [0.1, 0.15) is 5.82 Å². The van der Waals surface area contributed by atoms with E-state index in [4.69, 9.17) is 14.5 Å². The third-order valence-corrected chi connectivity index (χ3v) is 6.16. The number of hydrogen-bond acceptors (Lipinski definition) is 5. The van der Waals surface area contributed by atoms with E-state index in [1.165, 1.54) is 4.68 Å². The van der Waals surface area contributed by atoms with Gasteiger partial charge in [-0.15, -0.1) is 0 Å². The van der Waals surface area contributed by atoms with Crippen LogP contribution < -0.4 is 15.0 Å². The highest BCUT2D eigenvalue weighted by atomic mass is 79.9. The molecule has 1 aromatic heterocycles. The van der Waals surface area contributed by atoms with E-state index in [2.05, 4.69) is 43.9 Å². The Labute approximate surface area is 204 Å². The smallest absolute Gasteiger partial charge is 0.282 e. The van der Waals surface area contributed by atoms with E-state index in [0.29, 0.717) is 28.2 Å². The van der Waals surface area contributed by atoms with Gasteiger partial charge in [-0.1, -0.05) is 43.6 Å². The summed E-state index contributed by atoms with van der Waals surface area (Å²) in [6, 6.07) is 9.17. The molecule has 1 heterocycles. The number of halogens is 2. The molecule has 0 saturated carbocycles. The van der Waals surface area contributed by atoms with Gasteiger partial charge >= 0.3 is 0 Å². The standard InChI is InChI=1S/C24H27Br2N3O3/c1-7-14(2)32-21-12-18(26)15(10-20(21)31-6)13-27-29-22(30)17-11-16(25)8-9-19(17)28-23(29)24(3,4)5/h8-14H,7H2,1-6H3/t14-/m1/s1. The Balaban J connectivity index is 2.14. The largest absolute Gasteiger partial charge is 0.493 e. The van der Waals surface area contributed by atoms with Crippen LogP contribution >= 0.6 is 31.9 Å². The summed E-state index contributed by atoms with van der Waals surface area (Å²) in [5, 5.41) is 5.04. The van der Waals surface area contributed by atoms with Crippen LogP contribution in [-0.4, -0.2) is 29.1 Å². The zero-order valence-corrected chi connectivity index (χ0v) is 22.2. The summed E-state index contributed by atoms with van der Waals surface area (Å²) in [5.74, 6) is 1.82. The van der Waals surface area contributed by atoms with Crippen LogP contribution in [0.25, 0.3) is 10.9 Å². The zero-order chi connectivity index (χ0) is 23.6. The van der Waals surface area contributed by atoms with Crippen molar-refractivity contribution < 1.29 is 9.47 Å². The minimum Gasteiger partial charge on any atom is -0.493 e. The first-order valence-electron chi connectivity index (χ1n) is 10.4. The van der Waals surface area contributed by atoms with Crippen molar-refractivity contribution in [3.05, 3.63) is 61.0 Å². The number of methoxy groups -OCH3 is 1. The first kappa shape index (κ1) is 24.5. The average molecular weight is 565 g/mol. The van der Waals surface area contributed by atoms with E-state index in [1.54, 1.807) is 19.4 Å². The van der Waals surface area contributed by atoms with Crippen LogP contribution in [0.4, 0.5) is 0 Å². The van der Waals surface area contributed by atoms with Gasteiger partial charge in [0, 0.05) is 19.9 Å². The van der Waals surface area contributed by atoms with Crippen molar-refractivity contribution in [1.82, 2.24) is 9.66 Å². The number of hydrogen-bond donors (Lipinski definition) is 0. The molecule has 0 radical (unpaired) electrons. The maximum absolute atomic E-state index is 13.3. The van der Waals surface area contributed by atoms with Crippen molar-refractivity contribution >= 4 is 49.0 Å². The van der Waals surface area contributed by atoms with Crippen molar-refractivity contribution in [2.45, 2.75) is 52.6 Å². The van der Waals surface area contributed by atoms with Crippen molar-refractivity contribution in [2.75, 3.05) is 7.11 Å². The van der Waals surface area contributed by atoms with Gasteiger partial charge in [0.2, 0.25) is 0 Å². The molecular weight excluding hydrogens is 538 g/mol. The number of rotatable bonds is 6.